The van der Waals surface area contributed by atoms with Gasteiger partial charge in [-0.3, -0.25) is 4.79 Å². The molecule has 0 saturated carbocycles. The Hall–Kier alpha value is -0.500. The van der Waals surface area contributed by atoms with Crippen LogP contribution in [-0.4, -0.2) is 18.0 Å². The standard InChI is InChI=1S/C7H11ClO2/c1-3-5-10-7(9)6(8)4-2/h3,6H,1,4-5H2,2H3. The second-order valence-electron chi connectivity index (χ2n) is 1.79. The molecule has 58 valence electrons. The van der Waals surface area contributed by atoms with Gasteiger partial charge in [0, 0.05) is 0 Å². The van der Waals surface area contributed by atoms with Crippen molar-refractivity contribution < 1.29 is 9.53 Å². The smallest absolute Gasteiger partial charge is 0.324 e. The van der Waals surface area contributed by atoms with Gasteiger partial charge >= 0.3 is 5.97 Å². The van der Waals surface area contributed by atoms with Gasteiger partial charge in [0.1, 0.15) is 12.0 Å². The SMILES string of the molecule is C=CCOC(=O)C(Cl)CC. The maximum Gasteiger partial charge on any atom is 0.324 e. The highest BCUT2D eigenvalue weighted by atomic mass is 35.5. The van der Waals surface area contributed by atoms with E-state index in [1.165, 1.54) is 6.08 Å². The number of carbonyl (C=O) groups excluding carboxylic acids is 1. The lowest BCUT2D eigenvalue weighted by Crippen LogP contribution is -2.16. The molecule has 0 fully saturated rings. The summed E-state index contributed by atoms with van der Waals surface area (Å²) in [4.78, 5) is 10.7. The zero-order chi connectivity index (χ0) is 7.98. The van der Waals surface area contributed by atoms with Crippen molar-refractivity contribution in [1.82, 2.24) is 0 Å². The average molecular weight is 163 g/mol. The summed E-state index contributed by atoms with van der Waals surface area (Å²) in [6.07, 6.45) is 2.11. The van der Waals surface area contributed by atoms with Gasteiger partial charge in [0.25, 0.3) is 0 Å². The fraction of sp³-hybridized carbons (Fsp3) is 0.571. The minimum absolute atomic E-state index is 0.238. The Balaban J connectivity index is 3.51. The summed E-state index contributed by atoms with van der Waals surface area (Å²) in [6, 6.07) is 0. The molecule has 0 aliphatic carbocycles. The molecule has 0 bridgehead atoms. The van der Waals surface area contributed by atoms with Crippen LogP contribution in [0.2, 0.25) is 0 Å². The van der Waals surface area contributed by atoms with Gasteiger partial charge in [-0.25, -0.2) is 0 Å². The lowest BCUT2D eigenvalue weighted by atomic mass is 10.3. The summed E-state index contributed by atoms with van der Waals surface area (Å²) in [5.74, 6) is -0.371. The number of esters is 1. The molecule has 0 heterocycles. The average Bonchev–Trinajstić information content (AvgIpc) is 1.98. The van der Waals surface area contributed by atoms with E-state index >= 15 is 0 Å². The number of alkyl halides is 1. The van der Waals surface area contributed by atoms with Crippen LogP contribution in [0, 0.1) is 0 Å². The van der Waals surface area contributed by atoms with Crippen LogP contribution in [0.1, 0.15) is 13.3 Å². The number of carbonyl (C=O) groups is 1. The molecule has 0 rings (SSSR count). The quantitative estimate of drug-likeness (QED) is 0.358. The molecule has 0 aliphatic heterocycles. The third kappa shape index (κ3) is 3.51. The Labute approximate surface area is 65.8 Å². The van der Waals surface area contributed by atoms with Gasteiger partial charge < -0.3 is 4.74 Å². The van der Waals surface area contributed by atoms with Crippen molar-refractivity contribution in [1.29, 1.82) is 0 Å². The maximum absolute atomic E-state index is 10.7. The third-order valence-corrected chi connectivity index (χ3v) is 1.44. The van der Waals surface area contributed by atoms with Crippen LogP contribution in [0.5, 0.6) is 0 Å². The lowest BCUT2D eigenvalue weighted by molar-refractivity contribution is -0.141. The second kappa shape index (κ2) is 5.30. The molecule has 0 radical (unpaired) electrons. The van der Waals surface area contributed by atoms with Crippen molar-refractivity contribution in [3.05, 3.63) is 12.7 Å². The molecule has 0 aromatic carbocycles. The monoisotopic (exact) mass is 162 g/mol. The largest absolute Gasteiger partial charge is 0.460 e. The fourth-order valence-corrected chi connectivity index (χ4v) is 0.461. The highest BCUT2D eigenvalue weighted by Gasteiger charge is 2.12. The third-order valence-electron chi connectivity index (χ3n) is 0.958. The first-order valence-electron chi connectivity index (χ1n) is 3.14. The Morgan fingerprint density at radius 1 is 1.90 bits per heavy atom. The minimum atomic E-state index is -0.514. The van der Waals surface area contributed by atoms with E-state index in [0.717, 1.165) is 0 Å². The van der Waals surface area contributed by atoms with Crippen LogP contribution in [-0.2, 0) is 9.53 Å². The van der Waals surface area contributed by atoms with Crippen LogP contribution in [0.3, 0.4) is 0 Å². The second-order valence-corrected chi connectivity index (χ2v) is 2.32. The van der Waals surface area contributed by atoms with E-state index < -0.39 is 5.38 Å². The molecule has 0 aromatic rings. The zero-order valence-electron chi connectivity index (χ0n) is 5.97. The van der Waals surface area contributed by atoms with Crippen molar-refractivity contribution in [2.24, 2.45) is 0 Å². The molecule has 0 saturated heterocycles. The van der Waals surface area contributed by atoms with Crippen molar-refractivity contribution in [2.75, 3.05) is 6.61 Å². The van der Waals surface area contributed by atoms with E-state index in [1.54, 1.807) is 0 Å². The summed E-state index contributed by atoms with van der Waals surface area (Å²) in [5.41, 5.74) is 0. The van der Waals surface area contributed by atoms with Gasteiger partial charge in [-0.2, -0.15) is 0 Å². The molecule has 0 spiro atoms. The lowest BCUT2D eigenvalue weighted by Gasteiger charge is -2.04. The van der Waals surface area contributed by atoms with Gasteiger partial charge in [-0.05, 0) is 6.42 Å². The molecule has 0 aromatic heterocycles. The minimum Gasteiger partial charge on any atom is -0.460 e. The predicted octanol–water partition coefficient (Wildman–Crippen LogP) is 1.73. The Morgan fingerprint density at radius 2 is 2.50 bits per heavy atom. The predicted molar refractivity (Wildman–Crippen MR) is 41.1 cm³/mol. The number of ether oxygens (including phenoxy) is 1. The van der Waals surface area contributed by atoms with Crippen molar-refractivity contribution >= 4 is 17.6 Å². The van der Waals surface area contributed by atoms with Crippen LogP contribution in [0.15, 0.2) is 12.7 Å². The Bertz CT molecular complexity index is 123. The summed E-state index contributed by atoms with van der Waals surface area (Å²) in [5, 5.41) is -0.514. The molecule has 0 N–H and O–H groups in total. The van der Waals surface area contributed by atoms with E-state index in [-0.39, 0.29) is 12.6 Å². The van der Waals surface area contributed by atoms with Gasteiger partial charge in [-0.15, -0.1) is 11.6 Å². The van der Waals surface area contributed by atoms with Crippen LogP contribution >= 0.6 is 11.6 Å². The summed E-state index contributed by atoms with van der Waals surface area (Å²) in [6.45, 7) is 5.46. The number of hydrogen-bond donors (Lipinski definition) is 0. The normalized spacial score (nSPS) is 12.2. The molecule has 1 unspecified atom stereocenters. The van der Waals surface area contributed by atoms with E-state index in [2.05, 4.69) is 11.3 Å². The zero-order valence-corrected chi connectivity index (χ0v) is 6.73. The first kappa shape index (κ1) is 9.50. The molecule has 0 amide bonds. The van der Waals surface area contributed by atoms with Crippen molar-refractivity contribution in [3.8, 4) is 0 Å². The van der Waals surface area contributed by atoms with Crippen LogP contribution < -0.4 is 0 Å². The summed E-state index contributed by atoms with van der Waals surface area (Å²) >= 11 is 5.54. The Morgan fingerprint density at radius 3 is 2.90 bits per heavy atom. The molecular formula is C7H11ClO2. The molecule has 0 aliphatic rings. The van der Waals surface area contributed by atoms with E-state index in [9.17, 15) is 4.79 Å². The molecule has 2 nitrogen and oxygen atoms in total. The molecule has 10 heavy (non-hydrogen) atoms. The Kier molecular flexibility index (Phi) is 5.03. The van der Waals surface area contributed by atoms with Crippen molar-refractivity contribution in [3.63, 3.8) is 0 Å². The van der Waals surface area contributed by atoms with Gasteiger partial charge in [0.2, 0.25) is 0 Å². The highest BCUT2D eigenvalue weighted by molar-refractivity contribution is 6.29. The van der Waals surface area contributed by atoms with Crippen LogP contribution in [0.4, 0.5) is 0 Å². The van der Waals surface area contributed by atoms with E-state index in [4.69, 9.17) is 11.6 Å². The van der Waals surface area contributed by atoms with Crippen LogP contribution in [0.25, 0.3) is 0 Å². The number of rotatable bonds is 4. The van der Waals surface area contributed by atoms with E-state index in [1.807, 2.05) is 6.92 Å². The first-order chi connectivity index (χ1) is 4.72. The summed E-state index contributed by atoms with van der Waals surface area (Å²) in [7, 11) is 0. The molecular weight excluding hydrogens is 152 g/mol. The molecule has 3 heteroatoms. The van der Waals surface area contributed by atoms with Gasteiger partial charge in [0.05, 0.1) is 0 Å². The number of hydrogen-bond acceptors (Lipinski definition) is 2. The number of halogens is 1. The van der Waals surface area contributed by atoms with E-state index in [0.29, 0.717) is 6.42 Å². The molecule has 1 atom stereocenters. The van der Waals surface area contributed by atoms with Gasteiger partial charge in [0.15, 0.2) is 0 Å². The highest BCUT2D eigenvalue weighted by Crippen LogP contribution is 2.02. The topological polar surface area (TPSA) is 26.3 Å². The maximum atomic E-state index is 10.7. The fourth-order valence-electron chi connectivity index (χ4n) is 0.398. The summed E-state index contributed by atoms with van der Waals surface area (Å²) < 4.78 is 4.65. The van der Waals surface area contributed by atoms with Gasteiger partial charge in [-0.1, -0.05) is 19.6 Å². The van der Waals surface area contributed by atoms with Crippen molar-refractivity contribution in [2.45, 2.75) is 18.7 Å². The first-order valence-corrected chi connectivity index (χ1v) is 3.57.